The molecule has 20 nitrogen and oxygen atoms in total. The van der Waals surface area contributed by atoms with Crippen molar-refractivity contribution < 1.29 is 95.3 Å². The van der Waals surface area contributed by atoms with E-state index in [-0.39, 0.29) is 63.6 Å². The summed E-state index contributed by atoms with van der Waals surface area (Å²) in [5.74, 6) is -5.68. The van der Waals surface area contributed by atoms with E-state index in [0.717, 1.165) is 23.3 Å². The summed E-state index contributed by atoms with van der Waals surface area (Å²) >= 11 is 0. The van der Waals surface area contributed by atoms with Crippen LogP contribution >= 0.6 is 0 Å². The van der Waals surface area contributed by atoms with Gasteiger partial charge in [-0.05, 0) is 125 Å². The van der Waals surface area contributed by atoms with E-state index in [1.54, 1.807) is 62.4 Å². The molecule has 418 valence electrons. The molecule has 5 rings (SSSR count). The predicted octanol–water partition coefficient (Wildman–Crippen LogP) is 7.38. The fourth-order valence-corrected chi connectivity index (χ4v) is 8.20. The van der Waals surface area contributed by atoms with E-state index in [4.69, 9.17) is 47.4 Å². The molecule has 2 saturated carbocycles. The molecule has 0 amide bonds. The number of carbonyl (C=O) groups excluding carboxylic acids is 10. The van der Waals surface area contributed by atoms with Crippen molar-refractivity contribution in [2.24, 2.45) is 23.7 Å². The molecule has 0 radical (unpaired) electrons. The first-order valence-electron chi connectivity index (χ1n) is 25.9. The summed E-state index contributed by atoms with van der Waals surface area (Å²) in [7, 11) is 0. The van der Waals surface area contributed by atoms with Crippen molar-refractivity contribution in [3.8, 4) is 23.0 Å². The van der Waals surface area contributed by atoms with E-state index in [1.165, 1.54) is 24.3 Å². The maximum atomic E-state index is 13.1. The minimum Gasteiger partial charge on any atom is -0.465 e. The molecular weight excluding hydrogens is 1020 g/mol. The average Bonchev–Trinajstić information content (AvgIpc) is 3.44. The highest BCUT2D eigenvalue weighted by Crippen LogP contribution is 2.34. The molecule has 3 aromatic carbocycles. The molecule has 0 N–H and O–H groups in total. The van der Waals surface area contributed by atoms with Crippen molar-refractivity contribution >= 4 is 59.7 Å². The van der Waals surface area contributed by atoms with Gasteiger partial charge in [0.25, 0.3) is 0 Å². The first-order chi connectivity index (χ1) is 37.5. The number of hydrogen-bond acceptors (Lipinski definition) is 20. The van der Waals surface area contributed by atoms with Crippen LogP contribution in [0.4, 0.5) is 0 Å². The highest BCUT2D eigenvalue weighted by molar-refractivity contribution is 5.82. The molecule has 2 fully saturated rings. The Morgan fingerprint density at radius 3 is 0.910 bits per heavy atom. The van der Waals surface area contributed by atoms with Gasteiger partial charge in [0, 0.05) is 25.0 Å². The van der Waals surface area contributed by atoms with Crippen molar-refractivity contribution in [3.05, 3.63) is 109 Å². The summed E-state index contributed by atoms with van der Waals surface area (Å²) in [6.07, 6.45) is 4.23. The Hall–Kier alpha value is -8.16. The van der Waals surface area contributed by atoms with Crippen LogP contribution in [0.1, 0.15) is 102 Å². The van der Waals surface area contributed by atoms with E-state index < -0.39 is 95.6 Å². The summed E-state index contributed by atoms with van der Waals surface area (Å²) in [6.45, 7) is 9.54. The van der Waals surface area contributed by atoms with E-state index in [1.807, 2.05) is 0 Å². The lowest BCUT2D eigenvalue weighted by atomic mass is 9.82. The molecular formula is C58H66O20. The maximum Gasteiger partial charge on any atom is 0.330 e. The van der Waals surface area contributed by atoms with Crippen LogP contribution in [-0.2, 0) is 89.2 Å². The first kappa shape index (κ1) is 60.7. The van der Waals surface area contributed by atoms with Crippen molar-refractivity contribution in [3.63, 3.8) is 0 Å². The van der Waals surface area contributed by atoms with Gasteiger partial charge >= 0.3 is 59.7 Å². The predicted molar refractivity (Wildman–Crippen MR) is 274 cm³/mol. The van der Waals surface area contributed by atoms with Crippen LogP contribution in [0.3, 0.4) is 0 Å². The van der Waals surface area contributed by atoms with Crippen LogP contribution in [-0.4, -0.2) is 98.3 Å². The Bertz CT molecular complexity index is 2380. The lowest BCUT2D eigenvalue weighted by molar-refractivity contribution is -0.156. The van der Waals surface area contributed by atoms with Gasteiger partial charge in [0.2, 0.25) is 0 Å². The Morgan fingerprint density at radius 1 is 0.410 bits per heavy atom. The van der Waals surface area contributed by atoms with Crippen LogP contribution in [0, 0.1) is 23.7 Å². The molecule has 20 heteroatoms. The Kier molecular flexibility index (Phi) is 24.7. The Morgan fingerprint density at radius 2 is 0.654 bits per heavy atom. The second kappa shape index (κ2) is 31.8. The normalized spacial score (nSPS) is 17.5. The van der Waals surface area contributed by atoms with Crippen LogP contribution in [0.25, 0.3) is 0 Å². The summed E-state index contributed by atoms with van der Waals surface area (Å²) in [4.78, 5) is 122. The van der Waals surface area contributed by atoms with Crippen LogP contribution < -0.4 is 18.9 Å². The number of hydrogen-bond donors (Lipinski definition) is 0. The largest absolute Gasteiger partial charge is 0.465 e. The van der Waals surface area contributed by atoms with Gasteiger partial charge in [0.05, 0.1) is 62.6 Å². The van der Waals surface area contributed by atoms with Crippen molar-refractivity contribution in [1.29, 1.82) is 0 Å². The van der Waals surface area contributed by atoms with Crippen molar-refractivity contribution in [1.82, 2.24) is 0 Å². The second-order valence-corrected chi connectivity index (χ2v) is 18.8. The minimum atomic E-state index is -0.659. The van der Waals surface area contributed by atoms with E-state index >= 15 is 0 Å². The lowest BCUT2D eigenvalue weighted by Crippen LogP contribution is -2.30. The van der Waals surface area contributed by atoms with E-state index in [0.29, 0.717) is 75.7 Å². The third-order valence-corrected chi connectivity index (χ3v) is 12.6. The lowest BCUT2D eigenvalue weighted by Gasteiger charge is -2.26. The molecule has 3 aromatic rings. The quantitative estimate of drug-likeness (QED) is 0.0297. The maximum absolute atomic E-state index is 13.1. The molecule has 0 saturated heterocycles. The molecule has 2 atom stereocenters. The SMILES string of the molecule is C=CC(=O)OC(C)COC(=O)CCC(=O)OCCc1ccc(OC(=O)C2CCC(C(=O)Oc3ccc(OC(=O)C4CCC(C(=O)Oc5ccc(CCOC(=O)CCC(=O)OCC(C)OC(=O)C=C)cc5)CC4)cc3)CC2)cc1. The number of carbonyl (C=O) groups is 10. The Labute approximate surface area is 452 Å². The fourth-order valence-electron chi connectivity index (χ4n) is 8.20. The fraction of sp³-hybridized carbons (Fsp3) is 0.448. The number of rotatable bonds is 28. The van der Waals surface area contributed by atoms with Crippen LogP contribution in [0.2, 0.25) is 0 Å². The molecule has 2 unspecified atom stereocenters. The summed E-state index contributed by atoms with van der Waals surface area (Å²) in [5.41, 5.74) is 1.66. The van der Waals surface area contributed by atoms with Gasteiger partial charge in [0.1, 0.15) is 48.4 Å². The van der Waals surface area contributed by atoms with E-state index in [9.17, 15) is 47.9 Å². The van der Waals surface area contributed by atoms with Crippen molar-refractivity contribution in [2.45, 2.75) is 116 Å². The van der Waals surface area contributed by atoms with Gasteiger partial charge < -0.3 is 47.4 Å². The second-order valence-electron chi connectivity index (χ2n) is 18.8. The van der Waals surface area contributed by atoms with Crippen molar-refractivity contribution in [2.75, 3.05) is 26.4 Å². The van der Waals surface area contributed by atoms with Crippen LogP contribution in [0.15, 0.2) is 98.1 Å². The minimum absolute atomic E-state index is 0.0743. The number of benzene rings is 3. The highest BCUT2D eigenvalue weighted by Gasteiger charge is 2.34. The zero-order valence-corrected chi connectivity index (χ0v) is 43.9. The van der Waals surface area contributed by atoms with Gasteiger partial charge in [-0.2, -0.15) is 0 Å². The Balaban J connectivity index is 0.902. The highest BCUT2D eigenvalue weighted by atomic mass is 16.6. The summed E-state index contributed by atoms with van der Waals surface area (Å²) in [5, 5.41) is 0. The van der Waals surface area contributed by atoms with Gasteiger partial charge in [-0.3, -0.25) is 38.4 Å². The molecule has 0 aromatic heterocycles. The molecule has 0 bridgehead atoms. The molecule has 78 heavy (non-hydrogen) atoms. The molecule has 0 spiro atoms. The molecule has 0 aliphatic heterocycles. The number of esters is 10. The average molecular weight is 1080 g/mol. The standard InChI is InChI=1S/C58H66O20/c1-5-49(59)73-37(3)35-71-53(63)29-27-51(61)69-33-31-39-7-19-45(20-8-39)75-55(65)41-11-15-43(16-12-41)57(67)77-47-23-25-48(26-24-47)78-58(68)44-17-13-42(14-18-44)56(66)76-46-21-9-40(10-22-46)32-34-70-52(62)28-30-54(64)72-36-38(4)74-50(60)6-2/h5-10,19-26,37-38,41-44H,1-2,11-18,27-36H2,3-4H3. The monoisotopic (exact) mass is 1080 g/mol. The third-order valence-electron chi connectivity index (χ3n) is 12.6. The first-order valence-corrected chi connectivity index (χ1v) is 25.9. The topological polar surface area (TPSA) is 263 Å². The molecule has 2 aliphatic rings. The summed E-state index contributed by atoms with van der Waals surface area (Å²) < 4.78 is 52.7. The van der Waals surface area contributed by atoms with Gasteiger partial charge in [-0.1, -0.05) is 37.4 Å². The zero-order chi connectivity index (χ0) is 56.4. The van der Waals surface area contributed by atoms with Gasteiger partial charge in [0.15, 0.2) is 0 Å². The third kappa shape index (κ3) is 21.8. The summed E-state index contributed by atoms with van der Waals surface area (Å²) in [6, 6.07) is 19.7. The van der Waals surface area contributed by atoms with Gasteiger partial charge in [-0.25, -0.2) is 9.59 Å². The number of ether oxygens (including phenoxy) is 10. The molecule has 0 heterocycles. The zero-order valence-electron chi connectivity index (χ0n) is 43.9. The van der Waals surface area contributed by atoms with Gasteiger partial charge in [-0.15, -0.1) is 0 Å². The smallest absolute Gasteiger partial charge is 0.330 e. The molecule has 2 aliphatic carbocycles. The van der Waals surface area contributed by atoms with E-state index in [2.05, 4.69) is 13.2 Å². The van der Waals surface area contributed by atoms with Crippen LogP contribution in [0.5, 0.6) is 23.0 Å².